The van der Waals surface area contributed by atoms with Crippen LogP contribution in [0.5, 0.6) is 0 Å². The molecule has 0 aliphatic heterocycles. The van der Waals surface area contributed by atoms with Crippen molar-refractivity contribution in [2.45, 2.75) is 0 Å². The normalized spacial score (nSPS) is 12.0. The first kappa shape index (κ1) is 16.4. The molecule has 0 unspecified atom stereocenters. The molecule has 3 aromatic carbocycles. The second kappa shape index (κ2) is 6.65. The number of hydrogen-bond donors (Lipinski definition) is 2. The van der Waals surface area contributed by atoms with E-state index in [-0.39, 0.29) is 11.3 Å². The van der Waals surface area contributed by atoms with Crippen LogP contribution in [0.25, 0.3) is 32.9 Å². The lowest BCUT2D eigenvalue weighted by atomic mass is 10.0. The van der Waals surface area contributed by atoms with Gasteiger partial charge in [0, 0.05) is 16.3 Å². The zero-order chi connectivity index (χ0) is 18.1. The Labute approximate surface area is 155 Å². The predicted octanol–water partition coefficient (Wildman–Crippen LogP) is 4.58. The molecule has 0 amide bonds. The number of pyridine rings is 1. The highest BCUT2D eigenvalue weighted by atomic mass is 35.5. The summed E-state index contributed by atoms with van der Waals surface area (Å²) in [6.45, 7) is 0. The molecule has 3 N–H and O–H groups in total. The van der Waals surface area contributed by atoms with E-state index < -0.39 is 0 Å². The Bertz CT molecular complexity index is 1200. The van der Waals surface area contributed by atoms with Crippen molar-refractivity contribution < 1.29 is 0 Å². The van der Waals surface area contributed by atoms with Gasteiger partial charge in [0.15, 0.2) is 5.43 Å². The van der Waals surface area contributed by atoms with E-state index >= 15 is 0 Å². The second-order valence-electron chi connectivity index (χ2n) is 5.98. The lowest BCUT2D eigenvalue weighted by Crippen LogP contribution is -2.12. The lowest BCUT2D eigenvalue weighted by Gasteiger charge is -2.10. The molecule has 1 aromatic heterocycles. The molecular weight excluding hydrogens is 346 g/mol. The smallest absolute Gasteiger partial charge is 0.197 e. The molecule has 0 spiro atoms. The van der Waals surface area contributed by atoms with Gasteiger partial charge in [0.25, 0.3) is 0 Å². The second-order valence-corrected chi connectivity index (χ2v) is 6.25. The molecule has 0 aliphatic rings. The molecule has 128 valence electrons. The molecule has 0 saturated heterocycles. The Kier molecular flexibility index (Phi) is 4.19. The number of alkyl halides is 1. The van der Waals surface area contributed by atoms with Gasteiger partial charge in [0.05, 0.1) is 22.6 Å². The summed E-state index contributed by atoms with van der Waals surface area (Å²) in [5.41, 5.74) is 9.79. The van der Waals surface area contributed by atoms with Gasteiger partial charge < -0.3 is 10.7 Å². The third kappa shape index (κ3) is 2.74. The first-order valence-electron chi connectivity index (χ1n) is 8.21. The first-order valence-corrected chi connectivity index (χ1v) is 8.74. The van der Waals surface area contributed by atoms with Crippen LogP contribution in [0.4, 0.5) is 5.69 Å². The van der Waals surface area contributed by atoms with Crippen LogP contribution in [0.3, 0.4) is 0 Å². The van der Waals surface area contributed by atoms with Gasteiger partial charge in [-0.05, 0) is 23.8 Å². The number of amidine groups is 1. The summed E-state index contributed by atoms with van der Waals surface area (Å²) < 4.78 is 0. The van der Waals surface area contributed by atoms with Crippen LogP contribution in [-0.2, 0) is 0 Å². The van der Waals surface area contributed by atoms with Gasteiger partial charge in [-0.25, -0.2) is 4.99 Å². The molecule has 4 rings (SSSR count). The molecular formula is C21H16ClN3O. The van der Waals surface area contributed by atoms with Gasteiger partial charge in [-0.3, -0.25) is 4.79 Å². The fraction of sp³-hybridized carbons (Fsp3) is 0.0476. The van der Waals surface area contributed by atoms with E-state index in [2.05, 4.69) is 9.98 Å². The number of halogens is 1. The molecule has 0 saturated carbocycles. The largest absolute Gasteiger partial charge is 0.386 e. The molecule has 0 fully saturated rings. The van der Waals surface area contributed by atoms with Crippen molar-refractivity contribution in [1.82, 2.24) is 4.98 Å². The van der Waals surface area contributed by atoms with Crippen molar-refractivity contribution in [2.75, 3.05) is 5.88 Å². The van der Waals surface area contributed by atoms with E-state index in [4.69, 9.17) is 17.3 Å². The number of hydrogen-bond acceptors (Lipinski definition) is 2. The maximum absolute atomic E-state index is 13.1. The molecule has 4 nitrogen and oxygen atoms in total. The van der Waals surface area contributed by atoms with Crippen molar-refractivity contribution in [3.8, 4) is 11.1 Å². The van der Waals surface area contributed by atoms with E-state index in [1.807, 2.05) is 54.6 Å². The minimum atomic E-state index is -0.0342. The summed E-state index contributed by atoms with van der Waals surface area (Å²) in [5, 5.41) is 1.22. The fourth-order valence-corrected chi connectivity index (χ4v) is 3.20. The standard InChI is InChI=1S/C21H16ClN3O/c22-12-18(23)24-17-11-5-10-16-20(17)25-19-14(13-6-2-1-3-7-13)8-4-9-15(19)21(16)26/h1-11H,12H2,(H2,23,24)(H,25,26). The number of aromatic amines is 1. The molecule has 0 bridgehead atoms. The molecule has 5 heteroatoms. The maximum atomic E-state index is 13.1. The van der Waals surface area contributed by atoms with E-state index in [1.165, 1.54) is 0 Å². The summed E-state index contributed by atoms with van der Waals surface area (Å²) in [6, 6.07) is 21.1. The molecule has 0 atom stereocenters. The Morgan fingerprint density at radius 3 is 2.35 bits per heavy atom. The van der Waals surface area contributed by atoms with E-state index in [0.717, 1.165) is 16.6 Å². The number of aromatic nitrogens is 1. The van der Waals surface area contributed by atoms with E-state index in [1.54, 1.807) is 12.1 Å². The van der Waals surface area contributed by atoms with Gasteiger partial charge in [-0.2, -0.15) is 0 Å². The Balaban J connectivity index is 2.11. The summed E-state index contributed by atoms with van der Waals surface area (Å²) >= 11 is 5.76. The number of H-pyrrole nitrogens is 1. The van der Waals surface area contributed by atoms with Gasteiger partial charge >= 0.3 is 0 Å². The van der Waals surface area contributed by atoms with Crippen LogP contribution in [0.2, 0.25) is 0 Å². The van der Waals surface area contributed by atoms with Crippen LogP contribution in [0, 0.1) is 0 Å². The minimum Gasteiger partial charge on any atom is -0.386 e. The number of benzene rings is 3. The van der Waals surface area contributed by atoms with Crippen LogP contribution in [0.15, 0.2) is 76.5 Å². The van der Waals surface area contributed by atoms with Crippen LogP contribution in [0.1, 0.15) is 0 Å². The highest BCUT2D eigenvalue weighted by molar-refractivity contribution is 6.28. The third-order valence-electron chi connectivity index (χ3n) is 4.33. The zero-order valence-electron chi connectivity index (χ0n) is 13.9. The average molecular weight is 362 g/mol. The summed E-state index contributed by atoms with van der Waals surface area (Å²) in [5.74, 6) is 0.431. The summed E-state index contributed by atoms with van der Waals surface area (Å²) in [6.07, 6.45) is 0. The van der Waals surface area contributed by atoms with Crippen LogP contribution in [-0.4, -0.2) is 16.7 Å². The molecule has 0 aliphatic carbocycles. The van der Waals surface area contributed by atoms with Crippen molar-refractivity contribution in [3.05, 3.63) is 77.0 Å². The Hall–Kier alpha value is -3.11. The predicted molar refractivity (Wildman–Crippen MR) is 110 cm³/mol. The highest BCUT2D eigenvalue weighted by Crippen LogP contribution is 2.30. The Morgan fingerprint density at radius 1 is 0.923 bits per heavy atom. The quantitative estimate of drug-likeness (QED) is 0.243. The summed E-state index contributed by atoms with van der Waals surface area (Å²) in [7, 11) is 0. The molecule has 4 aromatic rings. The number of nitrogens with zero attached hydrogens (tertiary/aromatic N) is 1. The number of nitrogens with one attached hydrogen (secondary N) is 1. The van der Waals surface area contributed by atoms with Crippen molar-refractivity contribution >= 4 is 44.9 Å². The lowest BCUT2D eigenvalue weighted by molar-refractivity contribution is 1.42. The van der Waals surface area contributed by atoms with Gasteiger partial charge in [-0.15, -0.1) is 11.6 Å². The maximum Gasteiger partial charge on any atom is 0.197 e. The van der Waals surface area contributed by atoms with Crippen molar-refractivity contribution in [1.29, 1.82) is 0 Å². The molecule has 26 heavy (non-hydrogen) atoms. The number of para-hydroxylation sites is 2. The number of nitrogens with two attached hydrogens (primary N) is 1. The Morgan fingerprint density at radius 2 is 1.62 bits per heavy atom. The number of aliphatic imine (C=N–C) groups is 1. The van der Waals surface area contributed by atoms with E-state index in [9.17, 15) is 4.79 Å². The van der Waals surface area contributed by atoms with Crippen molar-refractivity contribution in [3.63, 3.8) is 0 Å². The third-order valence-corrected chi connectivity index (χ3v) is 4.61. The fourth-order valence-electron chi connectivity index (χ4n) is 3.14. The highest BCUT2D eigenvalue weighted by Gasteiger charge is 2.12. The van der Waals surface area contributed by atoms with Gasteiger partial charge in [0.2, 0.25) is 0 Å². The molecule has 1 heterocycles. The number of rotatable bonds is 3. The van der Waals surface area contributed by atoms with Crippen LogP contribution < -0.4 is 11.2 Å². The zero-order valence-corrected chi connectivity index (χ0v) is 14.6. The first-order chi connectivity index (χ1) is 12.7. The van der Waals surface area contributed by atoms with E-state index in [0.29, 0.717) is 27.8 Å². The SMILES string of the molecule is NC(CCl)=Nc1cccc2c(=O)c3cccc(-c4ccccc4)c3[nH]c12. The topological polar surface area (TPSA) is 71.2 Å². The van der Waals surface area contributed by atoms with Gasteiger partial charge in [0.1, 0.15) is 5.84 Å². The minimum absolute atomic E-state index is 0.0342. The van der Waals surface area contributed by atoms with Gasteiger partial charge in [-0.1, -0.05) is 48.5 Å². The van der Waals surface area contributed by atoms with Crippen LogP contribution >= 0.6 is 11.6 Å². The average Bonchev–Trinajstić information content (AvgIpc) is 2.69. The van der Waals surface area contributed by atoms with Crippen molar-refractivity contribution in [2.24, 2.45) is 10.7 Å². The number of fused-ring (bicyclic) bond motifs is 2. The summed E-state index contributed by atoms with van der Waals surface area (Å²) in [4.78, 5) is 20.8. The monoisotopic (exact) mass is 361 g/mol. The molecule has 0 radical (unpaired) electrons.